The Hall–Kier alpha value is -2.58. The van der Waals surface area contributed by atoms with Crippen LogP contribution in [0.3, 0.4) is 0 Å². The standard InChI is InChI=1S/C31H43N3O4S/c1-7-15-32(16-8-2)28(36)25-24-18-21(6)31(39-24)26(25)29(37)34(23(19-35)22-13-11-10-12-14-22)27(31)30(38)33(17-9-3)20(4)5/h7,9-14,20-21,23-27,35H,1,3,8,15-19H2,2,4-6H3/t21?,23-,24+,25-,26+,27?,31?/m1/s1. The van der Waals surface area contributed by atoms with Gasteiger partial charge < -0.3 is 19.8 Å². The summed E-state index contributed by atoms with van der Waals surface area (Å²) in [7, 11) is 0. The molecule has 3 unspecified atom stereocenters. The Labute approximate surface area is 237 Å². The third kappa shape index (κ3) is 4.73. The molecule has 3 amide bonds. The van der Waals surface area contributed by atoms with E-state index in [0.717, 1.165) is 18.4 Å². The van der Waals surface area contributed by atoms with Crippen LogP contribution >= 0.6 is 11.8 Å². The summed E-state index contributed by atoms with van der Waals surface area (Å²) in [5, 5.41) is 10.7. The molecule has 212 valence electrons. The van der Waals surface area contributed by atoms with Crippen molar-refractivity contribution < 1.29 is 19.5 Å². The Morgan fingerprint density at radius 3 is 2.41 bits per heavy atom. The monoisotopic (exact) mass is 553 g/mol. The van der Waals surface area contributed by atoms with Crippen molar-refractivity contribution in [3.05, 3.63) is 61.2 Å². The SMILES string of the molecule is C=CCN(CCC)C(=O)[C@@H]1[C@@H]2CC(C)C3(S2)C(C(=O)N(CC=C)C(C)C)N([C@H](CO)c2ccccc2)C(=O)[C@H]13. The number of hydrogen-bond acceptors (Lipinski definition) is 5. The number of carbonyl (C=O) groups is 3. The lowest BCUT2D eigenvalue weighted by atomic mass is 9.65. The second kappa shape index (κ2) is 11.9. The molecule has 3 fully saturated rings. The quantitative estimate of drug-likeness (QED) is 0.397. The number of thioether (sulfide) groups is 1. The third-order valence-electron chi connectivity index (χ3n) is 8.78. The molecule has 3 aliphatic heterocycles. The lowest BCUT2D eigenvalue weighted by Gasteiger charge is -2.43. The fourth-order valence-electron chi connectivity index (χ4n) is 7.17. The maximum absolute atomic E-state index is 14.6. The normalized spacial score (nSPS) is 29.8. The molecule has 3 saturated heterocycles. The molecule has 1 spiro atoms. The molecule has 1 aromatic rings. The Bertz CT molecular complexity index is 1090. The summed E-state index contributed by atoms with van der Waals surface area (Å²) >= 11 is 1.67. The van der Waals surface area contributed by atoms with E-state index in [-0.39, 0.29) is 41.5 Å². The molecule has 2 bridgehead atoms. The molecule has 7 atom stereocenters. The minimum atomic E-state index is -0.795. The molecule has 1 N–H and O–H groups in total. The van der Waals surface area contributed by atoms with Crippen LogP contribution in [0, 0.1) is 17.8 Å². The zero-order valence-electron chi connectivity index (χ0n) is 23.7. The number of rotatable bonds is 12. The first-order valence-corrected chi connectivity index (χ1v) is 15.0. The van der Waals surface area contributed by atoms with Crippen LogP contribution in [0.2, 0.25) is 0 Å². The topological polar surface area (TPSA) is 81.2 Å². The first-order valence-electron chi connectivity index (χ1n) is 14.2. The minimum absolute atomic E-state index is 0.0264. The summed E-state index contributed by atoms with van der Waals surface area (Å²) in [6, 6.07) is 7.82. The number of aliphatic hydroxyl groups excluding tert-OH is 1. The van der Waals surface area contributed by atoms with Gasteiger partial charge in [0.2, 0.25) is 17.7 Å². The Morgan fingerprint density at radius 1 is 1.18 bits per heavy atom. The molecule has 0 saturated carbocycles. The minimum Gasteiger partial charge on any atom is -0.394 e. The summed E-state index contributed by atoms with van der Waals surface area (Å²) in [6.07, 6.45) is 5.02. The van der Waals surface area contributed by atoms with E-state index in [4.69, 9.17) is 0 Å². The second-order valence-electron chi connectivity index (χ2n) is 11.4. The highest BCUT2D eigenvalue weighted by molar-refractivity contribution is 8.02. The maximum Gasteiger partial charge on any atom is 0.247 e. The van der Waals surface area contributed by atoms with Crippen LogP contribution in [-0.2, 0) is 14.4 Å². The van der Waals surface area contributed by atoms with Crippen molar-refractivity contribution in [3.63, 3.8) is 0 Å². The second-order valence-corrected chi connectivity index (χ2v) is 12.9. The zero-order chi connectivity index (χ0) is 28.5. The molecular weight excluding hydrogens is 510 g/mol. The lowest BCUT2D eigenvalue weighted by molar-refractivity contribution is -0.147. The van der Waals surface area contributed by atoms with E-state index in [1.807, 2.05) is 56.0 Å². The summed E-state index contributed by atoms with van der Waals surface area (Å²) in [6.45, 7) is 16.9. The molecule has 4 rings (SSSR count). The van der Waals surface area contributed by atoms with E-state index in [1.165, 1.54) is 0 Å². The Balaban J connectivity index is 1.87. The van der Waals surface area contributed by atoms with Crippen molar-refractivity contribution in [3.8, 4) is 0 Å². The molecular formula is C31H43N3O4S. The number of likely N-dealkylation sites (tertiary alicyclic amines) is 1. The average Bonchev–Trinajstić information content (AvgIpc) is 3.51. The largest absolute Gasteiger partial charge is 0.394 e. The number of aliphatic hydroxyl groups is 1. The third-order valence-corrected chi connectivity index (χ3v) is 10.9. The van der Waals surface area contributed by atoms with Crippen LogP contribution in [0.25, 0.3) is 0 Å². The van der Waals surface area contributed by atoms with Gasteiger partial charge in [0.05, 0.1) is 29.2 Å². The fourth-order valence-corrected chi connectivity index (χ4v) is 9.56. The summed E-state index contributed by atoms with van der Waals surface area (Å²) in [5.41, 5.74) is 0.775. The van der Waals surface area contributed by atoms with Gasteiger partial charge in [-0.2, -0.15) is 0 Å². The highest BCUT2D eigenvalue weighted by atomic mass is 32.2. The zero-order valence-corrected chi connectivity index (χ0v) is 24.5. The van der Waals surface area contributed by atoms with Gasteiger partial charge in [0.25, 0.3) is 0 Å². The summed E-state index contributed by atoms with van der Waals surface area (Å²) in [4.78, 5) is 48.5. The molecule has 3 heterocycles. The molecule has 3 aliphatic rings. The predicted molar refractivity (Wildman–Crippen MR) is 156 cm³/mol. The van der Waals surface area contributed by atoms with Gasteiger partial charge >= 0.3 is 0 Å². The number of carbonyl (C=O) groups excluding carboxylic acids is 3. The van der Waals surface area contributed by atoms with Gasteiger partial charge in [-0.3, -0.25) is 14.4 Å². The van der Waals surface area contributed by atoms with E-state index in [1.54, 1.807) is 33.7 Å². The molecule has 8 heteroatoms. The molecule has 0 radical (unpaired) electrons. The Kier molecular flexibility index (Phi) is 8.96. The lowest BCUT2D eigenvalue weighted by Crippen LogP contribution is -2.59. The smallest absolute Gasteiger partial charge is 0.247 e. The van der Waals surface area contributed by atoms with Crippen LogP contribution in [0.4, 0.5) is 0 Å². The van der Waals surface area contributed by atoms with Crippen molar-refractivity contribution >= 4 is 29.5 Å². The molecule has 39 heavy (non-hydrogen) atoms. The van der Waals surface area contributed by atoms with E-state index < -0.39 is 28.7 Å². The summed E-state index contributed by atoms with van der Waals surface area (Å²) in [5.74, 6) is -1.45. The van der Waals surface area contributed by atoms with Crippen molar-refractivity contribution in [2.24, 2.45) is 17.8 Å². The Morgan fingerprint density at radius 2 is 1.85 bits per heavy atom. The maximum atomic E-state index is 14.6. The van der Waals surface area contributed by atoms with Crippen molar-refractivity contribution in [2.45, 2.75) is 68.7 Å². The first kappa shape index (κ1) is 29.4. The number of nitrogens with zero attached hydrogens (tertiary/aromatic N) is 3. The highest BCUT2D eigenvalue weighted by Gasteiger charge is 2.77. The van der Waals surface area contributed by atoms with Crippen molar-refractivity contribution in [1.82, 2.24) is 14.7 Å². The highest BCUT2D eigenvalue weighted by Crippen LogP contribution is 2.69. The average molecular weight is 554 g/mol. The van der Waals surface area contributed by atoms with Crippen LogP contribution in [-0.4, -0.2) is 85.8 Å². The van der Waals surface area contributed by atoms with Crippen LogP contribution < -0.4 is 0 Å². The van der Waals surface area contributed by atoms with Crippen molar-refractivity contribution in [2.75, 3.05) is 26.2 Å². The summed E-state index contributed by atoms with van der Waals surface area (Å²) < 4.78 is -0.748. The van der Waals surface area contributed by atoms with E-state index in [2.05, 4.69) is 20.1 Å². The van der Waals surface area contributed by atoms with Gasteiger partial charge in [0.15, 0.2) is 0 Å². The van der Waals surface area contributed by atoms with Gasteiger partial charge in [-0.15, -0.1) is 24.9 Å². The van der Waals surface area contributed by atoms with Gasteiger partial charge in [0, 0.05) is 30.9 Å². The number of amides is 3. The van der Waals surface area contributed by atoms with Crippen LogP contribution in [0.15, 0.2) is 55.6 Å². The van der Waals surface area contributed by atoms with Crippen molar-refractivity contribution in [1.29, 1.82) is 0 Å². The predicted octanol–water partition coefficient (Wildman–Crippen LogP) is 3.90. The number of hydrogen-bond donors (Lipinski definition) is 1. The molecule has 0 aliphatic carbocycles. The molecule has 1 aromatic carbocycles. The van der Waals surface area contributed by atoms with Crippen LogP contribution in [0.5, 0.6) is 0 Å². The molecule has 0 aromatic heterocycles. The first-order chi connectivity index (χ1) is 18.7. The number of fused-ring (bicyclic) bond motifs is 1. The van der Waals surface area contributed by atoms with E-state index in [9.17, 15) is 19.5 Å². The van der Waals surface area contributed by atoms with Crippen LogP contribution in [0.1, 0.15) is 52.1 Å². The van der Waals surface area contributed by atoms with Gasteiger partial charge in [-0.1, -0.05) is 56.3 Å². The molecule has 7 nitrogen and oxygen atoms in total. The number of benzene rings is 1. The van der Waals surface area contributed by atoms with Gasteiger partial charge in [-0.05, 0) is 38.2 Å². The van der Waals surface area contributed by atoms with E-state index >= 15 is 0 Å². The van der Waals surface area contributed by atoms with Gasteiger partial charge in [-0.25, -0.2) is 0 Å². The fraction of sp³-hybridized carbons (Fsp3) is 0.581. The van der Waals surface area contributed by atoms with E-state index in [0.29, 0.717) is 19.6 Å². The van der Waals surface area contributed by atoms with Gasteiger partial charge in [0.1, 0.15) is 6.04 Å².